The molecule has 21 heavy (non-hydrogen) atoms. The lowest BCUT2D eigenvalue weighted by atomic mass is 10.2. The minimum Gasteiger partial charge on any atom is -0.460 e. The van der Waals surface area contributed by atoms with Crippen LogP contribution in [-0.4, -0.2) is 19.8 Å². The van der Waals surface area contributed by atoms with Gasteiger partial charge in [-0.3, -0.25) is 0 Å². The number of benzene rings is 1. The molecule has 0 spiro atoms. The maximum Gasteiger partial charge on any atom is 0.134 e. The molecule has 114 valence electrons. The van der Waals surface area contributed by atoms with Gasteiger partial charge in [-0.2, -0.15) is 0 Å². The monoisotopic (exact) mass is 291 g/mol. The minimum atomic E-state index is -0.240. The summed E-state index contributed by atoms with van der Waals surface area (Å²) in [7, 11) is 0. The van der Waals surface area contributed by atoms with Gasteiger partial charge in [-0.25, -0.2) is 4.39 Å². The Hall–Kier alpha value is -1.65. The molecule has 0 aliphatic rings. The fourth-order valence-electron chi connectivity index (χ4n) is 1.95. The van der Waals surface area contributed by atoms with Crippen molar-refractivity contribution in [1.82, 2.24) is 5.32 Å². The van der Waals surface area contributed by atoms with Crippen LogP contribution in [0.3, 0.4) is 0 Å². The summed E-state index contributed by atoms with van der Waals surface area (Å²) in [6.45, 7) is 5.16. The van der Waals surface area contributed by atoms with Crippen LogP contribution in [0.1, 0.15) is 25.5 Å². The largest absolute Gasteiger partial charge is 0.460 e. The van der Waals surface area contributed by atoms with Crippen LogP contribution in [0.25, 0.3) is 11.3 Å². The van der Waals surface area contributed by atoms with Crippen molar-refractivity contribution in [2.45, 2.75) is 26.3 Å². The number of furan rings is 1. The van der Waals surface area contributed by atoms with Crippen LogP contribution >= 0.6 is 0 Å². The van der Waals surface area contributed by atoms with Crippen LogP contribution in [0.5, 0.6) is 0 Å². The number of ether oxygens (including phenoxy) is 1. The molecule has 2 rings (SSSR count). The lowest BCUT2D eigenvalue weighted by molar-refractivity contribution is 0.132. The lowest BCUT2D eigenvalue weighted by Crippen LogP contribution is -2.19. The van der Waals surface area contributed by atoms with Crippen molar-refractivity contribution in [3.05, 3.63) is 48.0 Å². The summed E-state index contributed by atoms with van der Waals surface area (Å²) in [6, 6.07) is 10.1. The molecule has 1 aromatic heterocycles. The summed E-state index contributed by atoms with van der Waals surface area (Å²) >= 11 is 0. The van der Waals surface area contributed by atoms with Gasteiger partial charge < -0.3 is 14.5 Å². The number of hydrogen-bond acceptors (Lipinski definition) is 3. The topological polar surface area (TPSA) is 34.4 Å². The summed E-state index contributed by atoms with van der Waals surface area (Å²) in [5, 5.41) is 3.27. The highest BCUT2D eigenvalue weighted by atomic mass is 19.1. The smallest absolute Gasteiger partial charge is 0.134 e. The summed E-state index contributed by atoms with van der Waals surface area (Å²) in [5.41, 5.74) is 0.880. The Morgan fingerprint density at radius 1 is 1.10 bits per heavy atom. The Kier molecular flexibility index (Phi) is 6.44. The second-order valence-corrected chi connectivity index (χ2v) is 4.92. The molecule has 0 radical (unpaired) electrons. The summed E-state index contributed by atoms with van der Waals surface area (Å²) in [5.74, 6) is 1.38. The second kappa shape index (κ2) is 8.60. The van der Waals surface area contributed by atoms with Gasteiger partial charge in [0.05, 0.1) is 13.2 Å². The fourth-order valence-corrected chi connectivity index (χ4v) is 1.95. The third-order valence-corrected chi connectivity index (χ3v) is 3.16. The van der Waals surface area contributed by atoms with Crippen LogP contribution in [0.4, 0.5) is 4.39 Å². The van der Waals surface area contributed by atoms with Gasteiger partial charge in [0.2, 0.25) is 0 Å². The molecule has 0 fully saturated rings. The van der Waals surface area contributed by atoms with E-state index < -0.39 is 0 Å². The Morgan fingerprint density at radius 3 is 2.67 bits per heavy atom. The summed E-state index contributed by atoms with van der Waals surface area (Å²) < 4.78 is 24.1. The highest BCUT2D eigenvalue weighted by molar-refractivity contribution is 5.57. The van der Waals surface area contributed by atoms with E-state index in [9.17, 15) is 4.39 Å². The van der Waals surface area contributed by atoms with Gasteiger partial charge in [-0.1, -0.05) is 13.3 Å². The van der Waals surface area contributed by atoms with Gasteiger partial charge in [-0.15, -0.1) is 0 Å². The Balaban J connectivity index is 1.72. The molecule has 1 N–H and O–H groups in total. The zero-order chi connectivity index (χ0) is 14.9. The fraction of sp³-hybridized carbons (Fsp3) is 0.412. The lowest BCUT2D eigenvalue weighted by Gasteiger charge is -2.04. The molecule has 1 aromatic carbocycles. The number of unbranched alkanes of at least 4 members (excludes halogenated alkanes) is 1. The molecule has 3 nitrogen and oxygen atoms in total. The number of nitrogens with one attached hydrogen (secondary N) is 1. The van der Waals surface area contributed by atoms with E-state index in [-0.39, 0.29) is 5.82 Å². The number of rotatable bonds is 9. The summed E-state index contributed by atoms with van der Waals surface area (Å²) in [4.78, 5) is 0. The van der Waals surface area contributed by atoms with E-state index in [0.29, 0.717) is 13.2 Å². The normalized spacial score (nSPS) is 11.0. The van der Waals surface area contributed by atoms with Crippen molar-refractivity contribution in [2.75, 3.05) is 19.8 Å². The molecular weight excluding hydrogens is 269 g/mol. The van der Waals surface area contributed by atoms with Crippen molar-refractivity contribution in [2.24, 2.45) is 0 Å². The van der Waals surface area contributed by atoms with Gasteiger partial charge in [-0.05, 0) is 42.8 Å². The molecule has 0 saturated carbocycles. The van der Waals surface area contributed by atoms with Crippen LogP contribution in [-0.2, 0) is 11.3 Å². The molecular formula is C17H22FNO2. The van der Waals surface area contributed by atoms with Crippen LogP contribution < -0.4 is 5.32 Å². The van der Waals surface area contributed by atoms with E-state index in [4.69, 9.17) is 9.15 Å². The first kappa shape index (κ1) is 15.7. The zero-order valence-electron chi connectivity index (χ0n) is 12.4. The average molecular weight is 291 g/mol. The third kappa shape index (κ3) is 5.33. The first-order valence-corrected chi connectivity index (χ1v) is 7.42. The maximum absolute atomic E-state index is 12.9. The molecule has 0 aliphatic carbocycles. The van der Waals surface area contributed by atoms with Crippen LogP contribution in [0.15, 0.2) is 40.8 Å². The first-order chi connectivity index (χ1) is 10.3. The number of halogens is 1. The van der Waals surface area contributed by atoms with Crippen molar-refractivity contribution in [3.63, 3.8) is 0 Å². The van der Waals surface area contributed by atoms with Crippen molar-refractivity contribution < 1.29 is 13.5 Å². The molecule has 2 aromatic rings. The summed E-state index contributed by atoms with van der Waals surface area (Å²) in [6.07, 6.45) is 2.27. The Bertz CT molecular complexity index is 522. The molecule has 4 heteroatoms. The van der Waals surface area contributed by atoms with Crippen LogP contribution in [0.2, 0.25) is 0 Å². The van der Waals surface area contributed by atoms with E-state index in [1.807, 2.05) is 12.1 Å². The molecule has 1 heterocycles. The van der Waals surface area contributed by atoms with Crippen LogP contribution in [0, 0.1) is 5.82 Å². The highest BCUT2D eigenvalue weighted by Crippen LogP contribution is 2.22. The molecule has 0 amide bonds. The van der Waals surface area contributed by atoms with E-state index in [1.54, 1.807) is 12.1 Å². The first-order valence-electron chi connectivity index (χ1n) is 7.42. The third-order valence-electron chi connectivity index (χ3n) is 3.16. The Morgan fingerprint density at radius 2 is 1.90 bits per heavy atom. The average Bonchev–Trinajstić information content (AvgIpc) is 2.96. The predicted octanol–water partition coefficient (Wildman–Crippen LogP) is 3.99. The van der Waals surface area contributed by atoms with E-state index >= 15 is 0 Å². The number of hydrogen-bond donors (Lipinski definition) is 1. The highest BCUT2D eigenvalue weighted by Gasteiger charge is 2.04. The molecule has 0 unspecified atom stereocenters. The standard InChI is InChI=1S/C17H22FNO2/c1-2-3-11-20-12-10-19-13-16-8-9-17(21-16)14-4-6-15(18)7-5-14/h4-9,19H,2-3,10-13H2,1H3. The quantitative estimate of drug-likeness (QED) is 0.709. The van der Waals surface area contributed by atoms with Gasteiger partial charge in [0.1, 0.15) is 17.3 Å². The van der Waals surface area contributed by atoms with Gasteiger partial charge in [0.15, 0.2) is 0 Å². The van der Waals surface area contributed by atoms with Gasteiger partial charge >= 0.3 is 0 Å². The SMILES string of the molecule is CCCCOCCNCc1ccc(-c2ccc(F)cc2)o1. The molecule has 0 aliphatic heterocycles. The molecule has 0 atom stereocenters. The van der Waals surface area contributed by atoms with E-state index in [1.165, 1.54) is 12.1 Å². The van der Waals surface area contributed by atoms with Crippen molar-refractivity contribution >= 4 is 0 Å². The maximum atomic E-state index is 12.9. The van der Waals surface area contributed by atoms with E-state index in [2.05, 4.69) is 12.2 Å². The van der Waals surface area contributed by atoms with Crippen molar-refractivity contribution in [1.29, 1.82) is 0 Å². The predicted molar refractivity (Wildman–Crippen MR) is 81.5 cm³/mol. The molecule has 0 bridgehead atoms. The second-order valence-electron chi connectivity index (χ2n) is 4.92. The minimum absolute atomic E-state index is 0.240. The molecule has 0 saturated heterocycles. The Labute approximate surface area is 125 Å². The van der Waals surface area contributed by atoms with Gasteiger partial charge in [0.25, 0.3) is 0 Å². The van der Waals surface area contributed by atoms with E-state index in [0.717, 1.165) is 43.1 Å². The van der Waals surface area contributed by atoms with Gasteiger partial charge in [0, 0.05) is 18.7 Å². The zero-order valence-corrected chi connectivity index (χ0v) is 12.4. The van der Waals surface area contributed by atoms with Crippen molar-refractivity contribution in [3.8, 4) is 11.3 Å².